The van der Waals surface area contributed by atoms with Gasteiger partial charge in [-0.25, -0.2) is 0 Å². The third-order valence-electron chi connectivity index (χ3n) is 1.37. The quantitative estimate of drug-likeness (QED) is 0.605. The van der Waals surface area contributed by atoms with Gasteiger partial charge in [0.2, 0.25) is 17.1 Å². The van der Waals surface area contributed by atoms with E-state index >= 15 is 0 Å². The molecule has 0 bridgehead atoms. The summed E-state index contributed by atoms with van der Waals surface area (Å²) in [6, 6.07) is 0. The highest BCUT2D eigenvalue weighted by Crippen LogP contribution is 1.97. The van der Waals surface area contributed by atoms with Gasteiger partial charge >= 0.3 is 9.53 Å². The molecule has 3 radical (unpaired) electrons. The molecule has 0 aliphatic rings. The van der Waals surface area contributed by atoms with Gasteiger partial charge in [0.1, 0.15) is 0 Å². The highest BCUT2D eigenvalue weighted by atomic mass is 29.2. The maximum atomic E-state index is 5.58. The smallest absolute Gasteiger partial charge is 0.421 e. The molecule has 71 valence electrons. The Morgan fingerprint density at radius 3 is 1.58 bits per heavy atom. The minimum atomic E-state index is -1.49. The van der Waals surface area contributed by atoms with Crippen molar-refractivity contribution >= 4 is 26.6 Å². The second-order valence-corrected chi connectivity index (χ2v) is 11.1. The Hall–Kier alpha value is 0.491. The predicted molar refractivity (Wildman–Crippen MR) is 51.1 cm³/mol. The molecule has 0 fully saturated rings. The van der Waals surface area contributed by atoms with Crippen LogP contribution in [0.3, 0.4) is 0 Å². The zero-order valence-corrected chi connectivity index (χ0v) is 11.1. The van der Waals surface area contributed by atoms with Crippen molar-refractivity contribution in [3.05, 3.63) is 0 Å². The van der Waals surface area contributed by atoms with Crippen LogP contribution < -0.4 is 0 Å². The topological polar surface area (TPSA) is 36.9 Å². The molecule has 0 aliphatic heterocycles. The van der Waals surface area contributed by atoms with E-state index in [-0.39, 0.29) is 0 Å². The van der Waals surface area contributed by atoms with Gasteiger partial charge in [-0.3, -0.25) is 0 Å². The van der Waals surface area contributed by atoms with Crippen LogP contribution in [0.2, 0.25) is 13.1 Å². The van der Waals surface area contributed by atoms with Crippen LogP contribution in [-0.4, -0.2) is 48.0 Å². The first-order valence-corrected chi connectivity index (χ1v) is 9.54. The van der Waals surface area contributed by atoms with E-state index in [4.69, 9.17) is 17.4 Å². The van der Waals surface area contributed by atoms with Gasteiger partial charge in [-0.05, 0) is 13.1 Å². The highest BCUT2D eigenvalue weighted by Gasteiger charge is 2.26. The minimum absolute atomic E-state index is 0.776. The molecule has 0 aromatic heterocycles. The summed E-state index contributed by atoms with van der Waals surface area (Å²) in [5.41, 5.74) is 0. The van der Waals surface area contributed by atoms with Crippen LogP contribution in [-0.2, 0) is 17.4 Å². The Labute approximate surface area is 79.0 Å². The van der Waals surface area contributed by atoms with Gasteiger partial charge in [-0.1, -0.05) is 0 Å². The van der Waals surface area contributed by atoms with E-state index in [1.807, 2.05) is 0 Å². The lowest BCUT2D eigenvalue weighted by Crippen LogP contribution is -2.41. The van der Waals surface area contributed by atoms with Crippen LogP contribution >= 0.6 is 0 Å². The molecule has 0 N–H and O–H groups in total. The second kappa shape index (κ2) is 6.95. The Morgan fingerprint density at radius 1 is 0.750 bits per heavy atom. The Bertz CT molecular complexity index is 111. The fourth-order valence-electron chi connectivity index (χ4n) is 0.507. The second-order valence-electron chi connectivity index (χ2n) is 2.08. The van der Waals surface area contributed by atoms with Crippen molar-refractivity contribution in [1.29, 1.82) is 0 Å². The maximum absolute atomic E-state index is 5.58. The van der Waals surface area contributed by atoms with Crippen LogP contribution in [0.4, 0.5) is 0 Å². The fraction of sp³-hybridized carbons (Fsp3) is 1.00. The molecule has 0 spiro atoms. The van der Waals surface area contributed by atoms with Crippen molar-refractivity contribution in [2.45, 2.75) is 13.1 Å². The zero-order valence-electron chi connectivity index (χ0n) is 8.13. The van der Waals surface area contributed by atoms with E-state index in [0.29, 0.717) is 0 Å². The molecule has 0 rings (SSSR count). The van der Waals surface area contributed by atoms with E-state index in [0.717, 1.165) is 0 Å². The largest absolute Gasteiger partial charge is 0.565 e. The van der Waals surface area contributed by atoms with Crippen molar-refractivity contribution in [3.8, 4) is 0 Å². The Morgan fingerprint density at radius 2 is 1.25 bits per heavy atom. The molecular weight excluding hydrogens is 208 g/mol. The summed E-state index contributed by atoms with van der Waals surface area (Å²) in [7, 11) is 1.79. The first-order valence-electron chi connectivity index (χ1n) is 3.50. The minimum Gasteiger partial charge on any atom is -0.421 e. The highest BCUT2D eigenvalue weighted by molar-refractivity contribution is 7.16. The molecule has 0 aliphatic carbocycles. The van der Waals surface area contributed by atoms with Crippen LogP contribution in [0.25, 0.3) is 0 Å². The molecule has 0 unspecified atom stereocenters. The van der Waals surface area contributed by atoms with E-state index in [2.05, 4.69) is 13.1 Å². The van der Waals surface area contributed by atoms with Crippen LogP contribution in [0.1, 0.15) is 0 Å². The zero-order chi connectivity index (χ0) is 9.56. The van der Waals surface area contributed by atoms with Gasteiger partial charge in [-0.2, -0.15) is 0 Å². The van der Waals surface area contributed by atoms with Gasteiger partial charge in [0.05, 0.1) is 0 Å². The summed E-state index contributed by atoms with van der Waals surface area (Å²) in [5.74, 6) is 0. The van der Waals surface area contributed by atoms with Crippen molar-refractivity contribution in [2.24, 2.45) is 0 Å². The van der Waals surface area contributed by atoms with Gasteiger partial charge in [0.15, 0.2) is 0 Å². The van der Waals surface area contributed by atoms with Crippen molar-refractivity contribution in [3.63, 3.8) is 0 Å². The monoisotopic (exact) mass is 223 g/mol. The molecule has 0 saturated heterocycles. The molecule has 0 atom stereocenters. The molecule has 12 heavy (non-hydrogen) atoms. The van der Waals surface area contributed by atoms with Crippen LogP contribution in [0.15, 0.2) is 0 Å². The average molecular weight is 223 g/mol. The van der Waals surface area contributed by atoms with E-state index in [1.165, 1.54) is 0 Å². The molecule has 0 aromatic rings. The summed E-state index contributed by atoms with van der Waals surface area (Å²) in [6.07, 6.45) is 0. The van der Waals surface area contributed by atoms with E-state index < -0.39 is 26.6 Å². The molecule has 0 heterocycles. The van der Waals surface area contributed by atoms with Crippen molar-refractivity contribution < 1.29 is 17.4 Å². The number of hydrogen-bond donors (Lipinski definition) is 0. The van der Waals surface area contributed by atoms with Gasteiger partial charge in [-0.15, -0.1) is 0 Å². The Balaban J connectivity index is 3.72. The lowest BCUT2D eigenvalue weighted by molar-refractivity contribution is 0.203. The van der Waals surface area contributed by atoms with E-state index in [1.54, 1.807) is 21.3 Å². The Kier molecular flexibility index (Phi) is 7.23. The summed E-state index contributed by atoms with van der Waals surface area (Å²) >= 11 is 0. The van der Waals surface area contributed by atoms with Gasteiger partial charge in [0, 0.05) is 21.3 Å². The molecule has 0 amide bonds. The summed E-state index contributed by atoms with van der Waals surface area (Å²) < 4.78 is 20.8. The molecule has 4 nitrogen and oxygen atoms in total. The fourth-order valence-corrected chi connectivity index (χ4v) is 6.11. The first kappa shape index (κ1) is 12.5. The third-order valence-corrected chi connectivity index (χ3v) is 10.0. The molecule has 7 heteroatoms. The third kappa shape index (κ3) is 4.50. The molecule has 0 saturated carbocycles. The predicted octanol–water partition coefficient (Wildman–Crippen LogP) is 0.248. The summed E-state index contributed by atoms with van der Waals surface area (Å²) in [4.78, 5) is 0. The van der Waals surface area contributed by atoms with Gasteiger partial charge in [0.25, 0.3) is 0 Å². The van der Waals surface area contributed by atoms with Crippen molar-refractivity contribution in [1.82, 2.24) is 0 Å². The lowest BCUT2D eigenvalue weighted by Gasteiger charge is -2.17. The van der Waals surface area contributed by atoms with E-state index in [9.17, 15) is 0 Å². The lowest BCUT2D eigenvalue weighted by atomic mass is 11.8. The SMILES string of the molecule is CO[Si](OC)O[Si](C)[Si](C)OC. The number of hydrogen-bond acceptors (Lipinski definition) is 4. The van der Waals surface area contributed by atoms with Crippen LogP contribution in [0, 0.1) is 0 Å². The summed E-state index contributed by atoms with van der Waals surface area (Å²) in [6.45, 7) is 4.16. The number of rotatable bonds is 6. The van der Waals surface area contributed by atoms with Crippen LogP contribution in [0.5, 0.6) is 0 Å². The summed E-state index contributed by atoms with van der Waals surface area (Å²) in [5, 5.41) is 0. The maximum Gasteiger partial charge on any atom is 0.565 e. The normalized spacial score (nSPS) is 12.0. The standard InChI is InChI=1S/C5H15O4Si3/c1-6-10(4)11(5)9-12(7-2)8-3/h1-5H3. The molecular formula is C5H15O4Si3. The first-order chi connectivity index (χ1) is 5.65. The average Bonchev–Trinajstić information content (AvgIpc) is 2.12. The van der Waals surface area contributed by atoms with Gasteiger partial charge < -0.3 is 17.4 Å². The molecule has 0 aromatic carbocycles. The van der Waals surface area contributed by atoms with Crippen molar-refractivity contribution in [2.75, 3.05) is 21.3 Å².